The van der Waals surface area contributed by atoms with E-state index in [0.29, 0.717) is 5.69 Å². The van der Waals surface area contributed by atoms with Crippen LogP contribution in [0.15, 0.2) is 18.2 Å². The van der Waals surface area contributed by atoms with Crippen LogP contribution in [0.2, 0.25) is 0 Å². The third-order valence-corrected chi connectivity index (χ3v) is 3.02. The maximum atomic E-state index is 6.00. The Morgan fingerprint density at radius 3 is 2.67 bits per heavy atom. The zero-order valence-electron chi connectivity index (χ0n) is 11.7. The van der Waals surface area contributed by atoms with Crippen molar-refractivity contribution in [1.82, 2.24) is 4.90 Å². The van der Waals surface area contributed by atoms with Gasteiger partial charge in [0.2, 0.25) is 0 Å². The van der Waals surface area contributed by atoms with Crippen molar-refractivity contribution in [3.63, 3.8) is 0 Å². The van der Waals surface area contributed by atoms with Gasteiger partial charge < -0.3 is 20.7 Å². The highest BCUT2D eigenvalue weighted by molar-refractivity contribution is 5.72. The number of benzene rings is 1. The van der Waals surface area contributed by atoms with Crippen molar-refractivity contribution >= 4 is 11.4 Å². The first-order chi connectivity index (χ1) is 8.72. The molecule has 0 bridgehead atoms. The van der Waals surface area contributed by atoms with Crippen LogP contribution in [0.5, 0.6) is 5.75 Å². The number of nitrogens with one attached hydrogen (secondary N) is 1. The number of hydrogen-bond acceptors (Lipinski definition) is 4. The van der Waals surface area contributed by atoms with Gasteiger partial charge in [-0.2, -0.15) is 0 Å². The van der Waals surface area contributed by atoms with Gasteiger partial charge in [-0.1, -0.05) is 19.9 Å². The van der Waals surface area contributed by atoms with E-state index in [9.17, 15) is 0 Å². The van der Waals surface area contributed by atoms with Crippen molar-refractivity contribution in [2.24, 2.45) is 0 Å². The number of nitrogens with zero attached hydrogens (tertiary/aromatic N) is 1. The summed E-state index contributed by atoms with van der Waals surface area (Å²) in [5.74, 6) is 0.723. The minimum absolute atomic E-state index is 0.679. The minimum atomic E-state index is 0.679. The Balaban J connectivity index is 2.48. The predicted octanol–water partition coefficient (Wildman–Crippen LogP) is 2.42. The molecule has 0 atom stereocenters. The molecule has 0 spiro atoms. The maximum absolute atomic E-state index is 6.00. The van der Waals surface area contributed by atoms with E-state index < -0.39 is 0 Å². The number of para-hydroxylation sites is 1. The minimum Gasteiger partial charge on any atom is -0.495 e. The first-order valence-electron chi connectivity index (χ1n) is 6.61. The summed E-state index contributed by atoms with van der Waals surface area (Å²) >= 11 is 0. The lowest BCUT2D eigenvalue weighted by Gasteiger charge is -2.20. The van der Waals surface area contributed by atoms with Crippen LogP contribution in [0.3, 0.4) is 0 Å². The fourth-order valence-corrected chi connectivity index (χ4v) is 1.97. The smallest absolute Gasteiger partial charge is 0.143 e. The Bertz CT molecular complexity index is 355. The molecule has 0 radical (unpaired) electrons. The summed E-state index contributed by atoms with van der Waals surface area (Å²) in [4.78, 5) is 2.42. The van der Waals surface area contributed by atoms with Crippen LogP contribution in [-0.4, -0.2) is 38.2 Å². The van der Waals surface area contributed by atoms with Crippen LogP contribution >= 0.6 is 0 Å². The van der Waals surface area contributed by atoms with Crippen molar-refractivity contribution in [3.05, 3.63) is 18.2 Å². The molecule has 0 heterocycles. The number of nitrogen functional groups attached to an aromatic ring is 1. The molecule has 0 aliphatic rings. The molecule has 0 aromatic heterocycles. The lowest BCUT2D eigenvalue weighted by atomic mass is 10.2. The molecule has 3 N–H and O–H groups in total. The summed E-state index contributed by atoms with van der Waals surface area (Å²) in [6, 6.07) is 5.80. The number of anilines is 2. The van der Waals surface area contributed by atoms with E-state index >= 15 is 0 Å². The van der Waals surface area contributed by atoms with Crippen molar-refractivity contribution in [1.29, 1.82) is 0 Å². The van der Waals surface area contributed by atoms with Gasteiger partial charge in [-0.15, -0.1) is 0 Å². The van der Waals surface area contributed by atoms with Crippen LogP contribution in [0.4, 0.5) is 11.4 Å². The first kappa shape index (κ1) is 14.6. The lowest BCUT2D eigenvalue weighted by molar-refractivity contribution is 0.300. The van der Waals surface area contributed by atoms with Gasteiger partial charge in [0, 0.05) is 13.1 Å². The summed E-state index contributed by atoms with van der Waals surface area (Å²) in [6.45, 7) is 8.55. The number of methoxy groups -OCH3 is 1. The molecule has 0 aliphatic carbocycles. The highest BCUT2D eigenvalue weighted by Gasteiger charge is 2.05. The van der Waals surface area contributed by atoms with Crippen LogP contribution in [-0.2, 0) is 0 Å². The Morgan fingerprint density at radius 1 is 1.28 bits per heavy atom. The summed E-state index contributed by atoms with van der Waals surface area (Å²) in [5.41, 5.74) is 7.63. The van der Waals surface area contributed by atoms with Gasteiger partial charge in [0.15, 0.2) is 0 Å². The third kappa shape index (κ3) is 4.11. The molecular formula is C14H25N3O. The quantitative estimate of drug-likeness (QED) is 0.697. The fraction of sp³-hybridized carbons (Fsp3) is 0.571. The van der Waals surface area contributed by atoms with Gasteiger partial charge in [0.25, 0.3) is 0 Å². The SMILES string of the molecule is CCCN(CC)CCNc1cccc(OC)c1N. The van der Waals surface area contributed by atoms with Crippen LogP contribution in [0.25, 0.3) is 0 Å². The molecule has 0 amide bonds. The second-order valence-corrected chi connectivity index (χ2v) is 4.28. The third-order valence-electron chi connectivity index (χ3n) is 3.02. The maximum Gasteiger partial charge on any atom is 0.143 e. The van der Waals surface area contributed by atoms with Gasteiger partial charge in [-0.25, -0.2) is 0 Å². The summed E-state index contributed by atoms with van der Waals surface area (Å²) < 4.78 is 5.20. The number of likely N-dealkylation sites (N-methyl/N-ethyl adjacent to an activating group) is 1. The average Bonchev–Trinajstić information content (AvgIpc) is 2.39. The summed E-state index contributed by atoms with van der Waals surface area (Å²) in [5, 5.41) is 3.36. The van der Waals surface area contributed by atoms with Gasteiger partial charge in [0.1, 0.15) is 5.75 Å². The second kappa shape index (κ2) is 7.82. The van der Waals surface area contributed by atoms with E-state index in [1.807, 2.05) is 18.2 Å². The molecule has 1 rings (SSSR count). The Morgan fingerprint density at radius 2 is 2.06 bits per heavy atom. The van der Waals surface area contributed by atoms with Crippen molar-refractivity contribution in [2.45, 2.75) is 20.3 Å². The Kier molecular flexibility index (Phi) is 6.36. The van der Waals surface area contributed by atoms with Crippen molar-refractivity contribution in [2.75, 3.05) is 44.3 Å². The largest absolute Gasteiger partial charge is 0.495 e. The van der Waals surface area contributed by atoms with Crippen molar-refractivity contribution in [3.8, 4) is 5.75 Å². The molecule has 4 heteroatoms. The topological polar surface area (TPSA) is 50.5 Å². The molecule has 0 unspecified atom stereocenters. The molecule has 0 saturated carbocycles. The molecule has 102 valence electrons. The first-order valence-corrected chi connectivity index (χ1v) is 6.61. The second-order valence-electron chi connectivity index (χ2n) is 4.28. The molecule has 4 nitrogen and oxygen atoms in total. The molecule has 0 aliphatic heterocycles. The van der Waals surface area contributed by atoms with E-state index in [-0.39, 0.29) is 0 Å². The number of nitrogens with two attached hydrogens (primary N) is 1. The predicted molar refractivity (Wildman–Crippen MR) is 78.3 cm³/mol. The summed E-state index contributed by atoms with van der Waals surface area (Å²) in [7, 11) is 1.63. The Labute approximate surface area is 110 Å². The van der Waals surface area contributed by atoms with Gasteiger partial charge in [-0.3, -0.25) is 0 Å². The average molecular weight is 251 g/mol. The number of rotatable bonds is 8. The fourth-order valence-electron chi connectivity index (χ4n) is 1.97. The molecule has 1 aromatic rings. The molecule has 18 heavy (non-hydrogen) atoms. The van der Waals surface area contributed by atoms with Gasteiger partial charge in [0.05, 0.1) is 18.5 Å². The van der Waals surface area contributed by atoms with E-state index in [2.05, 4.69) is 24.1 Å². The van der Waals surface area contributed by atoms with E-state index in [4.69, 9.17) is 10.5 Å². The number of ether oxygens (including phenoxy) is 1. The van der Waals surface area contributed by atoms with Gasteiger partial charge >= 0.3 is 0 Å². The van der Waals surface area contributed by atoms with Gasteiger partial charge in [-0.05, 0) is 31.6 Å². The van der Waals surface area contributed by atoms with Crippen LogP contribution in [0.1, 0.15) is 20.3 Å². The molecule has 1 aromatic carbocycles. The lowest BCUT2D eigenvalue weighted by Crippen LogP contribution is -2.29. The van der Waals surface area contributed by atoms with E-state index in [0.717, 1.165) is 37.6 Å². The number of hydrogen-bond donors (Lipinski definition) is 2. The van der Waals surface area contributed by atoms with E-state index in [1.165, 1.54) is 6.42 Å². The van der Waals surface area contributed by atoms with Crippen LogP contribution in [0, 0.1) is 0 Å². The zero-order valence-corrected chi connectivity index (χ0v) is 11.7. The Hall–Kier alpha value is -1.42. The molecular weight excluding hydrogens is 226 g/mol. The zero-order chi connectivity index (χ0) is 13.4. The van der Waals surface area contributed by atoms with E-state index in [1.54, 1.807) is 7.11 Å². The normalized spacial score (nSPS) is 10.7. The standard InChI is InChI=1S/C14H25N3O/c1-4-10-17(5-2)11-9-16-12-7-6-8-13(18-3)14(12)15/h6-8,16H,4-5,9-11,15H2,1-3H3. The van der Waals surface area contributed by atoms with Crippen molar-refractivity contribution < 1.29 is 4.74 Å². The monoisotopic (exact) mass is 251 g/mol. The highest BCUT2D eigenvalue weighted by atomic mass is 16.5. The summed E-state index contributed by atoms with van der Waals surface area (Å²) in [6.07, 6.45) is 1.19. The van der Waals surface area contributed by atoms with Crippen LogP contribution < -0.4 is 15.8 Å². The molecule has 0 fully saturated rings. The highest BCUT2D eigenvalue weighted by Crippen LogP contribution is 2.28. The molecule has 0 saturated heterocycles.